The molecule has 1 aliphatic rings. The van der Waals surface area contributed by atoms with Crippen molar-refractivity contribution in [1.29, 1.82) is 0 Å². The molecule has 0 spiro atoms. The normalized spacial score (nSPS) is 14.8. The predicted molar refractivity (Wildman–Crippen MR) is 120 cm³/mol. The number of sulfonamides is 1. The average Bonchev–Trinajstić information content (AvgIpc) is 3.47. The Balaban J connectivity index is 1.48. The molecule has 3 aromatic rings. The van der Waals surface area contributed by atoms with Gasteiger partial charge in [-0.3, -0.25) is 15.5 Å². The summed E-state index contributed by atoms with van der Waals surface area (Å²) in [5.41, 5.74) is 4.71. The summed E-state index contributed by atoms with van der Waals surface area (Å²) in [6.07, 6.45) is 3.24. The van der Waals surface area contributed by atoms with Crippen LogP contribution in [0.2, 0.25) is 0 Å². The highest BCUT2D eigenvalue weighted by molar-refractivity contribution is 7.89. The third-order valence-corrected chi connectivity index (χ3v) is 7.43. The molecule has 2 heterocycles. The Morgan fingerprint density at radius 1 is 1.16 bits per heavy atom. The van der Waals surface area contributed by atoms with Gasteiger partial charge >= 0.3 is 0 Å². The first-order valence-corrected chi connectivity index (χ1v) is 11.8. The number of anilines is 1. The van der Waals surface area contributed by atoms with Crippen LogP contribution in [-0.2, 0) is 10.0 Å². The first kappa shape index (κ1) is 21.1. The zero-order valence-electron chi connectivity index (χ0n) is 16.3. The largest absolute Gasteiger partial charge is 0.270 e. The lowest BCUT2D eigenvalue weighted by atomic mass is 10.2. The monoisotopic (exact) mass is 457 g/mol. The number of thiazole rings is 1. The highest BCUT2D eigenvalue weighted by Crippen LogP contribution is 2.28. The average molecular weight is 458 g/mol. The van der Waals surface area contributed by atoms with Crippen LogP contribution in [-0.4, -0.2) is 41.9 Å². The third kappa shape index (κ3) is 4.79. The maximum absolute atomic E-state index is 12.8. The van der Waals surface area contributed by atoms with Gasteiger partial charge in [-0.15, -0.1) is 11.3 Å². The molecule has 4 rings (SSSR count). The molecule has 0 aliphatic carbocycles. The summed E-state index contributed by atoms with van der Waals surface area (Å²) in [5.74, 6) is 0. The maximum Gasteiger partial charge on any atom is 0.270 e. The summed E-state index contributed by atoms with van der Waals surface area (Å²) in [6.45, 7) is 1.11. The van der Waals surface area contributed by atoms with Gasteiger partial charge in [-0.05, 0) is 25.0 Å². The number of non-ortho nitro benzene ring substituents is 1. The van der Waals surface area contributed by atoms with Gasteiger partial charge in [0.1, 0.15) is 0 Å². The van der Waals surface area contributed by atoms with Crippen LogP contribution in [0.1, 0.15) is 18.4 Å². The van der Waals surface area contributed by atoms with Crippen molar-refractivity contribution in [2.24, 2.45) is 5.10 Å². The number of nitrogens with zero attached hydrogens (tertiary/aromatic N) is 4. The Hall–Kier alpha value is -3.15. The number of rotatable bonds is 7. The topological polar surface area (TPSA) is 118 Å². The van der Waals surface area contributed by atoms with E-state index in [2.05, 4.69) is 15.5 Å². The number of aromatic nitrogens is 1. The second-order valence-corrected chi connectivity index (χ2v) is 9.70. The minimum Gasteiger partial charge on any atom is -0.258 e. The van der Waals surface area contributed by atoms with Crippen molar-refractivity contribution in [3.63, 3.8) is 0 Å². The number of hydrogen-bond donors (Lipinski definition) is 1. The predicted octanol–water partition coefficient (Wildman–Crippen LogP) is 3.95. The highest BCUT2D eigenvalue weighted by atomic mass is 32.2. The maximum atomic E-state index is 12.8. The fraction of sp³-hybridized carbons (Fsp3) is 0.200. The lowest BCUT2D eigenvalue weighted by Crippen LogP contribution is -2.27. The quantitative estimate of drug-likeness (QED) is 0.326. The van der Waals surface area contributed by atoms with Gasteiger partial charge in [0.15, 0.2) is 0 Å². The summed E-state index contributed by atoms with van der Waals surface area (Å²) in [5, 5.41) is 17.2. The van der Waals surface area contributed by atoms with Crippen LogP contribution in [0.25, 0.3) is 11.3 Å². The Bertz CT molecular complexity index is 1230. The van der Waals surface area contributed by atoms with Gasteiger partial charge in [0.2, 0.25) is 15.2 Å². The van der Waals surface area contributed by atoms with E-state index in [0.29, 0.717) is 35.0 Å². The van der Waals surface area contributed by atoms with Crippen LogP contribution < -0.4 is 5.43 Å². The minimum absolute atomic E-state index is 0.00995. The summed E-state index contributed by atoms with van der Waals surface area (Å²) in [4.78, 5) is 15.1. The molecule has 0 bridgehead atoms. The third-order valence-electron chi connectivity index (χ3n) is 4.79. The van der Waals surface area contributed by atoms with Gasteiger partial charge in [0.25, 0.3) is 5.69 Å². The molecular formula is C20H19N5O4S2. The summed E-state index contributed by atoms with van der Waals surface area (Å²) < 4.78 is 27.1. The Morgan fingerprint density at radius 3 is 2.71 bits per heavy atom. The molecule has 2 aromatic carbocycles. The second-order valence-electron chi connectivity index (χ2n) is 6.90. The molecule has 0 unspecified atom stereocenters. The molecule has 1 fully saturated rings. The van der Waals surface area contributed by atoms with Crippen molar-refractivity contribution in [3.8, 4) is 11.3 Å². The number of hydrogen-bond acceptors (Lipinski definition) is 8. The van der Waals surface area contributed by atoms with Crippen molar-refractivity contribution in [2.45, 2.75) is 17.7 Å². The summed E-state index contributed by atoms with van der Waals surface area (Å²) >= 11 is 1.32. The fourth-order valence-corrected chi connectivity index (χ4v) is 5.46. The number of nitro groups is 1. The first-order valence-electron chi connectivity index (χ1n) is 9.53. The second kappa shape index (κ2) is 8.92. The molecule has 1 aliphatic heterocycles. The standard InChI is InChI=1S/C20H19N5O4S2/c26-25(27)17-7-3-5-15(11-17)13-21-23-20-22-19(14-30-20)16-6-4-8-18(12-16)31(28,29)24-9-1-2-10-24/h3-8,11-14H,1-2,9-10H2,(H,22,23)/b21-13+. The van der Waals surface area contributed by atoms with E-state index >= 15 is 0 Å². The van der Waals surface area contributed by atoms with E-state index in [1.165, 1.54) is 34.0 Å². The van der Waals surface area contributed by atoms with E-state index in [9.17, 15) is 18.5 Å². The Kier molecular flexibility index (Phi) is 6.07. The van der Waals surface area contributed by atoms with Crippen LogP contribution in [0.5, 0.6) is 0 Å². The molecule has 9 nitrogen and oxygen atoms in total. The van der Waals surface area contributed by atoms with Crippen molar-refractivity contribution in [1.82, 2.24) is 9.29 Å². The first-order chi connectivity index (χ1) is 14.9. The highest BCUT2D eigenvalue weighted by Gasteiger charge is 2.27. The lowest BCUT2D eigenvalue weighted by Gasteiger charge is -2.15. The molecular weight excluding hydrogens is 438 g/mol. The lowest BCUT2D eigenvalue weighted by molar-refractivity contribution is -0.384. The summed E-state index contributed by atoms with van der Waals surface area (Å²) in [6, 6.07) is 12.9. The van der Waals surface area contributed by atoms with E-state index in [0.717, 1.165) is 12.8 Å². The molecule has 0 radical (unpaired) electrons. The van der Waals surface area contributed by atoms with Gasteiger partial charge in [0.05, 0.1) is 21.7 Å². The van der Waals surface area contributed by atoms with Crippen LogP contribution in [0.4, 0.5) is 10.8 Å². The van der Waals surface area contributed by atoms with E-state index < -0.39 is 14.9 Å². The number of nitrogens with one attached hydrogen (secondary N) is 1. The zero-order chi connectivity index (χ0) is 21.8. The van der Waals surface area contributed by atoms with Crippen LogP contribution in [0.15, 0.2) is 63.9 Å². The van der Waals surface area contributed by atoms with Gasteiger partial charge in [0, 0.05) is 41.7 Å². The van der Waals surface area contributed by atoms with E-state index in [-0.39, 0.29) is 10.6 Å². The van der Waals surface area contributed by atoms with Crippen molar-refractivity contribution < 1.29 is 13.3 Å². The van der Waals surface area contributed by atoms with E-state index in [1.54, 1.807) is 30.3 Å². The molecule has 11 heteroatoms. The molecule has 0 saturated carbocycles. The Labute approximate surface area is 183 Å². The van der Waals surface area contributed by atoms with Crippen LogP contribution in [0, 0.1) is 10.1 Å². The van der Waals surface area contributed by atoms with Crippen molar-refractivity contribution >= 4 is 38.4 Å². The zero-order valence-corrected chi connectivity index (χ0v) is 18.0. The minimum atomic E-state index is -3.50. The van der Waals surface area contributed by atoms with Gasteiger partial charge in [-0.2, -0.15) is 9.41 Å². The molecule has 31 heavy (non-hydrogen) atoms. The SMILES string of the molecule is O=[N+]([O-])c1cccc(/C=N/Nc2nc(-c3cccc(S(=O)(=O)N4CCCC4)c3)cs2)c1. The smallest absolute Gasteiger partial charge is 0.258 e. The number of nitro benzene ring substituents is 1. The van der Waals surface area contributed by atoms with E-state index in [1.807, 2.05) is 11.4 Å². The van der Waals surface area contributed by atoms with Gasteiger partial charge in [-0.1, -0.05) is 24.3 Å². The van der Waals surface area contributed by atoms with Gasteiger partial charge in [-0.25, -0.2) is 13.4 Å². The number of benzene rings is 2. The van der Waals surface area contributed by atoms with Crippen LogP contribution >= 0.6 is 11.3 Å². The molecule has 0 atom stereocenters. The number of hydrazone groups is 1. The van der Waals surface area contributed by atoms with Gasteiger partial charge < -0.3 is 0 Å². The molecule has 160 valence electrons. The van der Waals surface area contributed by atoms with Crippen molar-refractivity contribution in [3.05, 3.63) is 69.6 Å². The molecule has 1 aromatic heterocycles. The molecule has 1 N–H and O–H groups in total. The van der Waals surface area contributed by atoms with Crippen molar-refractivity contribution in [2.75, 3.05) is 18.5 Å². The molecule has 1 saturated heterocycles. The Morgan fingerprint density at radius 2 is 1.94 bits per heavy atom. The summed E-state index contributed by atoms with van der Waals surface area (Å²) in [7, 11) is -3.50. The van der Waals surface area contributed by atoms with Crippen LogP contribution in [0.3, 0.4) is 0 Å². The fourth-order valence-electron chi connectivity index (χ4n) is 3.23. The molecule has 0 amide bonds. The van der Waals surface area contributed by atoms with E-state index in [4.69, 9.17) is 0 Å².